The number of phenols is 1. The first-order valence-corrected chi connectivity index (χ1v) is 8.81. The number of hydrazone groups is 1. The number of hydrogen-bond acceptors (Lipinski definition) is 4. The minimum absolute atomic E-state index is 0.104. The molecule has 5 nitrogen and oxygen atoms in total. The highest BCUT2D eigenvalue weighted by atomic mass is 127. The van der Waals surface area contributed by atoms with Gasteiger partial charge in [-0.25, -0.2) is 5.43 Å². The molecule has 0 bridgehead atoms. The van der Waals surface area contributed by atoms with Gasteiger partial charge in [0.2, 0.25) is 0 Å². The van der Waals surface area contributed by atoms with E-state index in [4.69, 9.17) is 4.74 Å². The number of ether oxygens (including phenoxy) is 1. The molecule has 0 radical (unpaired) electrons. The third-order valence-electron chi connectivity index (χ3n) is 2.89. The minimum Gasteiger partial charge on any atom is -0.506 e. The van der Waals surface area contributed by atoms with E-state index < -0.39 is 0 Å². The summed E-state index contributed by atoms with van der Waals surface area (Å²) in [6.45, 7) is 1.81. The number of aromatic hydroxyl groups is 1. The molecule has 0 heterocycles. The maximum atomic E-state index is 11.7. The standard InChI is InChI=1S/C16H14I2N2O3/c1-10-4-2-3-5-14(10)23-9-15(21)20-19-8-11-6-12(17)16(22)13(18)7-11/h2-8,22H,9H2,1H3,(H,20,21)/b19-8-. The molecule has 7 heteroatoms. The van der Waals surface area contributed by atoms with E-state index in [1.165, 1.54) is 6.21 Å². The van der Waals surface area contributed by atoms with E-state index >= 15 is 0 Å². The van der Waals surface area contributed by atoms with Gasteiger partial charge in [0.15, 0.2) is 6.61 Å². The van der Waals surface area contributed by atoms with Crippen LogP contribution in [-0.4, -0.2) is 23.8 Å². The van der Waals surface area contributed by atoms with Crippen LogP contribution >= 0.6 is 45.2 Å². The van der Waals surface area contributed by atoms with E-state index in [1.54, 1.807) is 12.1 Å². The number of phenolic OH excluding ortho intramolecular Hbond substituents is 1. The highest BCUT2D eigenvalue weighted by molar-refractivity contribution is 14.1. The monoisotopic (exact) mass is 536 g/mol. The lowest BCUT2D eigenvalue weighted by atomic mass is 10.2. The van der Waals surface area contributed by atoms with Gasteiger partial charge in [0.25, 0.3) is 5.91 Å². The molecular weight excluding hydrogens is 522 g/mol. The topological polar surface area (TPSA) is 70.9 Å². The van der Waals surface area contributed by atoms with Crippen molar-refractivity contribution in [2.24, 2.45) is 5.10 Å². The number of carbonyl (C=O) groups excluding carboxylic acids is 1. The van der Waals surface area contributed by atoms with Crippen LogP contribution in [0.3, 0.4) is 0 Å². The van der Waals surface area contributed by atoms with Gasteiger partial charge in [-0.05, 0) is 81.4 Å². The highest BCUT2D eigenvalue weighted by Gasteiger charge is 2.05. The summed E-state index contributed by atoms with van der Waals surface area (Å²) < 4.78 is 6.89. The van der Waals surface area contributed by atoms with Crippen molar-refractivity contribution in [3.63, 3.8) is 0 Å². The van der Waals surface area contributed by atoms with Crippen LogP contribution in [-0.2, 0) is 4.79 Å². The van der Waals surface area contributed by atoms with E-state index in [0.717, 1.165) is 18.3 Å². The molecule has 120 valence electrons. The zero-order valence-electron chi connectivity index (χ0n) is 12.2. The van der Waals surface area contributed by atoms with Gasteiger partial charge in [0.05, 0.1) is 13.4 Å². The molecule has 0 aliphatic rings. The third kappa shape index (κ3) is 5.34. The van der Waals surface area contributed by atoms with Crippen molar-refractivity contribution in [1.29, 1.82) is 0 Å². The molecule has 0 fully saturated rings. The van der Waals surface area contributed by atoms with Crippen molar-refractivity contribution in [3.8, 4) is 11.5 Å². The van der Waals surface area contributed by atoms with Crippen LogP contribution in [0.15, 0.2) is 41.5 Å². The lowest BCUT2D eigenvalue weighted by Gasteiger charge is -2.07. The fourth-order valence-electron chi connectivity index (χ4n) is 1.73. The first kappa shape index (κ1) is 18.0. The average molecular weight is 536 g/mol. The van der Waals surface area contributed by atoms with Gasteiger partial charge in [-0.3, -0.25) is 4.79 Å². The molecule has 0 atom stereocenters. The Hall–Kier alpha value is -1.36. The van der Waals surface area contributed by atoms with Crippen molar-refractivity contribution in [2.75, 3.05) is 6.61 Å². The molecule has 1 amide bonds. The molecule has 0 aliphatic carbocycles. The number of hydrogen-bond donors (Lipinski definition) is 2. The SMILES string of the molecule is Cc1ccccc1OCC(=O)N/N=C\c1cc(I)c(O)c(I)c1. The lowest BCUT2D eigenvalue weighted by Crippen LogP contribution is -2.24. The predicted molar refractivity (Wildman–Crippen MR) is 106 cm³/mol. The smallest absolute Gasteiger partial charge is 0.277 e. The largest absolute Gasteiger partial charge is 0.506 e. The first-order chi connectivity index (χ1) is 11.0. The first-order valence-electron chi connectivity index (χ1n) is 6.65. The number of halogens is 2. The van der Waals surface area contributed by atoms with E-state index in [1.807, 2.05) is 76.4 Å². The normalized spacial score (nSPS) is 10.7. The Kier molecular flexibility index (Phi) is 6.63. The van der Waals surface area contributed by atoms with Crippen LogP contribution in [0.1, 0.15) is 11.1 Å². The summed E-state index contributed by atoms with van der Waals surface area (Å²) in [4.78, 5) is 11.7. The summed E-state index contributed by atoms with van der Waals surface area (Å²) in [5.41, 5.74) is 4.17. The Morgan fingerprint density at radius 1 is 1.30 bits per heavy atom. The minimum atomic E-state index is -0.340. The number of nitrogens with zero attached hydrogens (tertiary/aromatic N) is 1. The predicted octanol–water partition coefficient (Wildman–Crippen LogP) is 3.44. The van der Waals surface area contributed by atoms with Crippen molar-refractivity contribution >= 4 is 57.3 Å². The second kappa shape index (κ2) is 8.48. The lowest BCUT2D eigenvalue weighted by molar-refractivity contribution is -0.123. The fraction of sp³-hybridized carbons (Fsp3) is 0.125. The average Bonchev–Trinajstić information content (AvgIpc) is 2.52. The van der Waals surface area contributed by atoms with Crippen LogP contribution < -0.4 is 10.2 Å². The summed E-state index contributed by atoms with van der Waals surface area (Å²) in [5.74, 6) is 0.584. The third-order valence-corrected chi connectivity index (χ3v) is 4.54. The Bertz CT molecular complexity index is 725. The van der Waals surface area contributed by atoms with Crippen molar-refractivity contribution < 1.29 is 14.6 Å². The molecule has 2 aromatic rings. The second-order valence-electron chi connectivity index (χ2n) is 4.68. The number of nitrogens with one attached hydrogen (secondary N) is 1. The zero-order valence-corrected chi connectivity index (χ0v) is 16.5. The van der Waals surface area contributed by atoms with E-state index in [0.29, 0.717) is 5.75 Å². The molecule has 2 aromatic carbocycles. The Morgan fingerprint density at radius 3 is 2.61 bits per heavy atom. The molecule has 0 aliphatic heterocycles. The number of para-hydroxylation sites is 1. The highest BCUT2D eigenvalue weighted by Crippen LogP contribution is 2.26. The maximum Gasteiger partial charge on any atom is 0.277 e. The summed E-state index contributed by atoms with van der Waals surface area (Å²) in [6, 6.07) is 11.0. The van der Waals surface area contributed by atoms with Gasteiger partial charge < -0.3 is 9.84 Å². The summed E-state index contributed by atoms with van der Waals surface area (Å²) in [5, 5.41) is 13.6. The number of carbonyl (C=O) groups is 1. The van der Waals surface area contributed by atoms with Crippen LogP contribution in [0.2, 0.25) is 0 Å². The fourth-order valence-corrected chi connectivity index (χ4v) is 3.55. The van der Waals surface area contributed by atoms with E-state index in [9.17, 15) is 9.90 Å². The van der Waals surface area contributed by atoms with Crippen LogP contribution in [0.5, 0.6) is 11.5 Å². The summed E-state index contributed by atoms with van der Waals surface area (Å²) >= 11 is 4.08. The number of rotatable bonds is 5. The quantitative estimate of drug-likeness (QED) is 0.350. The van der Waals surface area contributed by atoms with Crippen LogP contribution in [0, 0.1) is 14.1 Å². The second-order valence-corrected chi connectivity index (χ2v) is 7.00. The van der Waals surface area contributed by atoms with Crippen molar-refractivity contribution in [3.05, 3.63) is 54.7 Å². The Labute approximate surface area is 161 Å². The molecule has 0 spiro atoms. The van der Waals surface area contributed by atoms with Gasteiger partial charge in [0.1, 0.15) is 11.5 Å². The zero-order chi connectivity index (χ0) is 16.8. The van der Waals surface area contributed by atoms with Crippen molar-refractivity contribution in [1.82, 2.24) is 5.43 Å². The Balaban J connectivity index is 1.88. The molecule has 0 saturated carbocycles. The molecule has 2 rings (SSSR count). The Morgan fingerprint density at radius 2 is 1.96 bits per heavy atom. The van der Waals surface area contributed by atoms with Crippen LogP contribution in [0.25, 0.3) is 0 Å². The van der Waals surface area contributed by atoms with Gasteiger partial charge in [-0.2, -0.15) is 5.10 Å². The van der Waals surface area contributed by atoms with E-state index in [2.05, 4.69) is 10.5 Å². The summed E-state index contributed by atoms with van der Waals surface area (Å²) in [7, 11) is 0. The maximum absolute atomic E-state index is 11.7. The molecular formula is C16H14I2N2O3. The van der Waals surface area contributed by atoms with E-state index in [-0.39, 0.29) is 18.3 Å². The van der Waals surface area contributed by atoms with Crippen molar-refractivity contribution in [2.45, 2.75) is 6.92 Å². The van der Waals surface area contributed by atoms with Crippen LogP contribution in [0.4, 0.5) is 0 Å². The molecule has 0 saturated heterocycles. The van der Waals surface area contributed by atoms with Gasteiger partial charge in [0, 0.05) is 0 Å². The molecule has 0 aromatic heterocycles. The molecule has 0 unspecified atom stereocenters. The van der Waals surface area contributed by atoms with Gasteiger partial charge in [-0.15, -0.1) is 0 Å². The van der Waals surface area contributed by atoms with Gasteiger partial charge in [-0.1, -0.05) is 18.2 Å². The van der Waals surface area contributed by atoms with Gasteiger partial charge >= 0.3 is 0 Å². The molecule has 23 heavy (non-hydrogen) atoms. The number of amides is 1. The number of aryl methyl sites for hydroxylation is 1. The summed E-state index contributed by atoms with van der Waals surface area (Å²) in [6.07, 6.45) is 1.52. The number of benzene rings is 2. The molecule has 2 N–H and O–H groups in total.